The zero-order valence-corrected chi connectivity index (χ0v) is 10.3. The topological polar surface area (TPSA) is 41.1 Å². The molecule has 19 heavy (non-hydrogen) atoms. The summed E-state index contributed by atoms with van der Waals surface area (Å²) in [5.41, 5.74) is -0.687. The van der Waals surface area contributed by atoms with Gasteiger partial charge in [0.15, 0.2) is 0 Å². The van der Waals surface area contributed by atoms with Crippen molar-refractivity contribution in [1.82, 2.24) is 5.32 Å². The molecule has 1 aromatic rings. The third-order valence-corrected chi connectivity index (χ3v) is 2.32. The molecule has 0 radical (unpaired) electrons. The average molecular weight is 272 g/mol. The molecule has 0 atom stereocenters. The van der Waals surface area contributed by atoms with E-state index in [-0.39, 0.29) is 5.69 Å². The van der Waals surface area contributed by atoms with Crippen molar-refractivity contribution in [2.24, 2.45) is 0 Å². The number of amides is 2. The predicted molar refractivity (Wildman–Crippen MR) is 67.9 cm³/mol. The van der Waals surface area contributed by atoms with Gasteiger partial charge in [0.2, 0.25) is 0 Å². The fourth-order valence-corrected chi connectivity index (χ4v) is 1.40. The Hall–Kier alpha value is -1.98. The summed E-state index contributed by atoms with van der Waals surface area (Å²) in [7, 11) is 0. The molecule has 6 heteroatoms. The summed E-state index contributed by atoms with van der Waals surface area (Å²) in [4.78, 5) is 11.4. The molecule has 2 amide bonds. The van der Waals surface area contributed by atoms with Gasteiger partial charge >= 0.3 is 12.2 Å². The molecule has 0 saturated carbocycles. The summed E-state index contributed by atoms with van der Waals surface area (Å²) < 4.78 is 37.4. The molecule has 0 unspecified atom stereocenters. The maximum atomic E-state index is 12.5. The van der Waals surface area contributed by atoms with Crippen molar-refractivity contribution < 1.29 is 18.0 Å². The van der Waals surface area contributed by atoms with E-state index in [1.807, 2.05) is 0 Å². The molecule has 0 aliphatic carbocycles. The SMILES string of the molecule is C=CCCCNC(=O)Nc1cccc(C(F)(F)F)c1. The van der Waals surface area contributed by atoms with Gasteiger partial charge in [0.25, 0.3) is 0 Å². The summed E-state index contributed by atoms with van der Waals surface area (Å²) in [6, 6.07) is 3.97. The molecule has 0 fully saturated rings. The lowest BCUT2D eigenvalue weighted by atomic mass is 10.2. The molecule has 0 aliphatic heterocycles. The van der Waals surface area contributed by atoms with Gasteiger partial charge in [0.05, 0.1) is 5.56 Å². The molecule has 0 heterocycles. The summed E-state index contributed by atoms with van der Waals surface area (Å²) >= 11 is 0. The Morgan fingerprint density at radius 3 is 2.74 bits per heavy atom. The van der Waals surface area contributed by atoms with Crippen molar-refractivity contribution in [3.8, 4) is 0 Å². The van der Waals surface area contributed by atoms with Crippen molar-refractivity contribution in [2.45, 2.75) is 19.0 Å². The minimum Gasteiger partial charge on any atom is -0.338 e. The number of alkyl halides is 3. The maximum Gasteiger partial charge on any atom is 0.416 e. The van der Waals surface area contributed by atoms with Gasteiger partial charge in [-0.1, -0.05) is 12.1 Å². The molecule has 1 aromatic carbocycles. The van der Waals surface area contributed by atoms with E-state index in [0.717, 1.165) is 25.0 Å². The molecule has 104 valence electrons. The highest BCUT2D eigenvalue weighted by Crippen LogP contribution is 2.30. The van der Waals surface area contributed by atoms with Crippen LogP contribution in [0.4, 0.5) is 23.7 Å². The van der Waals surface area contributed by atoms with E-state index in [9.17, 15) is 18.0 Å². The van der Waals surface area contributed by atoms with Gasteiger partial charge in [-0.15, -0.1) is 6.58 Å². The first kappa shape index (κ1) is 15.1. The lowest BCUT2D eigenvalue weighted by Gasteiger charge is -2.10. The van der Waals surface area contributed by atoms with E-state index in [0.29, 0.717) is 6.54 Å². The zero-order chi connectivity index (χ0) is 14.3. The normalized spacial score (nSPS) is 10.9. The van der Waals surface area contributed by atoms with Crippen LogP contribution in [0.3, 0.4) is 0 Å². The van der Waals surface area contributed by atoms with Crippen LogP contribution in [0.25, 0.3) is 0 Å². The Balaban J connectivity index is 2.53. The van der Waals surface area contributed by atoms with Gasteiger partial charge in [0, 0.05) is 12.2 Å². The quantitative estimate of drug-likeness (QED) is 0.621. The molecule has 0 bridgehead atoms. The van der Waals surface area contributed by atoms with Crippen molar-refractivity contribution in [3.63, 3.8) is 0 Å². The number of rotatable bonds is 5. The molecule has 2 N–H and O–H groups in total. The first-order valence-electron chi connectivity index (χ1n) is 5.76. The number of hydrogen-bond acceptors (Lipinski definition) is 1. The number of urea groups is 1. The van der Waals surface area contributed by atoms with Crippen LogP contribution in [0.1, 0.15) is 18.4 Å². The number of anilines is 1. The van der Waals surface area contributed by atoms with E-state index in [2.05, 4.69) is 17.2 Å². The van der Waals surface area contributed by atoms with Crippen LogP contribution < -0.4 is 10.6 Å². The number of carbonyl (C=O) groups is 1. The third-order valence-electron chi connectivity index (χ3n) is 2.32. The van der Waals surface area contributed by atoms with E-state index in [1.54, 1.807) is 6.08 Å². The van der Waals surface area contributed by atoms with Crippen LogP contribution in [-0.4, -0.2) is 12.6 Å². The second kappa shape index (κ2) is 6.82. The highest BCUT2D eigenvalue weighted by Gasteiger charge is 2.30. The highest BCUT2D eigenvalue weighted by atomic mass is 19.4. The van der Waals surface area contributed by atoms with E-state index in [1.165, 1.54) is 12.1 Å². The second-order valence-electron chi connectivity index (χ2n) is 3.89. The van der Waals surface area contributed by atoms with Gasteiger partial charge in [-0.25, -0.2) is 4.79 Å². The molecular formula is C13H15F3N2O. The minimum atomic E-state index is -4.42. The predicted octanol–water partition coefficient (Wildman–Crippen LogP) is 3.79. The van der Waals surface area contributed by atoms with Crippen molar-refractivity contribution in [3.05, 3.63) is 42.5 Å². The van der Waals surface area contributed by atoms with E-state index in [4.69, 9.17) is 0 Å². The number of allylic oxidation sites excluding steroid dienone is 1. The zero-order valence-electron chi connectivity index (χ0n) is 10.3. The van der Waals surface area contributed by atoms with Gasteiger partial charge in [-0.3, -0.25) is 0 Å². The number of nitrogens with one attached hydrogen (secondary N) is 2. The fourth-order valence-electron chi connectivity index (χ4n) is 1.40. The number of halogens is 3. The van der Waals surface area contributed by atoms with Crippen molar-refractivity contribution in [1.29, 1.82) is 0 Å². The average Bonchev–Trinajstić information content (AvgIpc) is 2.34. The molecular weight excluding hydrogens is 257 g/mol. The Labute approximate surface area is 109 Å². The highest BCUT2D eigenvalue weighted by molar-refractivity contribution is 5.89. The van der Waals surface area contributed by atoms with Crippen molar-refractivity contribution in [2.75, 3.05) is 11.9 Å². The van der Waals surface area contributed by atoms with Gasteiger partial charge in [-0.05, 0) is 31.0 Å². The monoisotopic (exact) mass is 272 g/mol. The standard InChI is InChI=1S/C13H15F3N2O/c1-2-3-4-8-17-12(19)18-11-7-5-6-10(9-11)13(14,15)16/h2,5-7,9H,1,3-4,8H2,(H2,17,18,19). The smallest absolute Gasteiger partial charge is 0.338 e. The van der Waals surface area contributed by atoms with Gasteiger partial charge < -0.3 is 10.6 Å². The Bertz CT molecular complexity index is 444. The fraction of sp³-hybridized carbons (Fsp3) is 0.308. The number of carbonyl (C=O) groups excluding carboxylic acids is 1. The Morgan fingerprint density at radius 2 is 2.11 bits per heavy atom. The number of hydrogen-bond donors (Lipinski definition) is 2. The molecule has 1 rings (SSSR count). The molecule has 3 nitrogen and oxygen atoms in total. The largest absolute Gasteiger partial charge is 0.416 e. The van der Waals surface area contributed by atoms with Crippen LogP contribution >= 0.6 is 0 Å². The number of benzene rings is 1. The van der Waals surface area contributed by atoms with Gasteiger partial charge in [0.1, 0.15) is 0 Å². The summed E-state index contributed by atoms with van der Waals surface area (Å²) in [6.45, 7) is 3.98. The van der Waals surface area contributed by atoms with Gasteiger partial charge in [-0.2, -0.15) is 13.2 Å². The van der Waals surface area contributed by atoms with Crippen LogP contribution in [-0.2, 0) is 6.18 Å². The first-order valence-corrected chi connectivity index (χ1v) is 5.76. The van der Waals surface area contributed by atoms with E-state index < -0.39 is 17.8 Å². The molecule has 0 aliphatic rings. The second-order valence-corrected chi connectivity index (χ2v) is 3.89. The van der Waals surface area contributed by atoms with Crippen LogP contribution in [0.2, 0.25) is 0 Å². The van der Waals surface area contributed by atoms with E-state index >= 15 is 0 Å². The minimum absolute atomic E-state index is 0.107. The molecule has 0 spiro atoms. The maximum absolute atomic E-state index is 12.5. The summed E-state index contributed by atoms with van der Waals surface area (Å²) in [6.07, 6.45) is -1.19. The molecule has 0 saturated heterocycles. The molecule has 0 aromatic heterocycles. The van der Waals surface area contributed by atoms with Crippen molar-refractivity contribution >= 4 is 11.7 Å². The summed E-state index contributed by atoms with van der Waals surface area (Å²) in [5, 5.41) is 4.90. The lowest BCUT2D eigenvalue weighted by molar-refractivity contribution is -0.137. The Kier molecular flexibility index (Phi) is 5.41. The number of unbranched alkanes of at least 4 members (excludes halogenated alkanes) is 1. The first-order chi connectivity index (χ1) is 8.93. The Morgan fingerprint density at radius 1 is 1.37 bits per heavy atom. The lowest BCUT2D eigenvalue weighted by Crippen LogP contribution is -2.29. The van der Waals surface area contributed by atoms with Crippen LogP contribution in [0, 0.1) is 0 Å². The third kappa shape index (κ3) is 5.46. The van der Waals surface area contributed by atoms with Crippen LogP contribution in [0.15, 0.2) is 36.9 Å². The van der Waals surface area contributed by atoms with Crippen LogP contribution in [0.5, 0.6) is 0 Å². The summed E-state index contributed by atoms with van der Waals surface area (Å²) in [5.74, 6) is 0.